The third-order valence-corrected chi connectivity index (χ3v) is 4.12. The van der Waals surface area contributed by atoms with Gasteiger partial charge in [-0.25, -0.2) is 9.79 Å². The second kappa shape index (κ2) is 9.92. The van der Waals surface area contributed by atoms with Crippen LogP contribution in [0.1, 0.15) is 25.0 Å². The van der Waals surface area contributed by atoms with Gasteiger partial charge < -0.3 is 23.7 Å². The number of carbonyl (C=O) groups is 1. The van der Waals surface area contributed by atoms with Gasteiger partial charge in [-0.2, -0.15) is 8.78 Å². The van der Waals surface area contributed by atoms with Crippen molar-refractivity contribution in [2.24, 2.45) is 4.99 Å². The summed E-state index contributed by atoms with van der Waals surface area (Å²) in [4.78, 5) is 16.5. The largest absolute Gasteiger partial charge is 0.493 e. The van der Waals surface area contributed by atoms with Crippen LogP contribution in [-0.4, -0.2) is 38.8 Å². The number of hydrogen-bond donors (Lipinski definition) is 0. The zero-order valence-electron chi connectivity index (χ0n) is 17.2. The minimum absolute atomic E-state index is 0.0476. The maximum Gasteiger partial charge on any atom is 0.387 e. The number of carbonyl (C=O) groups excluding carboxylic acids is 1. The maximum atomic E-state index is 12.5. The molecule has 0 fully saturated rings. The number of esters is 1. The fourth-order valence-electron chi connectivity index (χ4n) is 2.84. The Labute approximate surface area is 177 Å². The van der Waals surface area contributed by atoms with Crippen LogP contribution in [0.4, 0.5) is 8.78 Å². The monoisotopic (exact) mass is 433 g/mol. The number of rotatable bonds is 9. The van der Waals surface area contributed by atoms with Gasteiger partial charge in [0.25, 0.3) is 0 Å². The van der Waals surface area contributed by atoms with Gasteiger partial charge in [0.2, 0.25) is 5.90 Å². The van der Waals surface area contributed by atoms with Crippen molar-refractivity contribution >= 4 is 17.9 Å². The number of alkyl halides is 2. The zero-order valence-corrected chi connectivity index (χ0v) is 17.2. The van der Waals surface area contributed by atoms with Gasteiger partial charge in [-0.1, -0.05) is 6.07 Å². The van der Waals surface area contributed by atoms with Crippen LogP contribution in [0, 0.1) is 0 Å². The molecule has 0 N–H and O–H groups in total. The molecule has 9 heteroatoms. The second-order valence-corrected chi connectivity index (χ2v) is 6.15. The standard InChI is InChI=1S/C22H21F2NO6/c1-4-28-16-9-7-14(12-19(16)29-5-2)20-25-15(21(26)31-20)10-13-6-8-17(30-22(23)24)18(11-13)27-3/h6-12,22H,4-5H2,1-3H3. The summed E-state index contributed by atoms with van der Waals surface area (Å²) in [5.41, 5.74) is 1.09. The van der Waals surface area contributed by atoms with Crippen LogP contribution >= 0.6 is 0 Å². The van der Waals surface area contributed by atoms with Gasteiger partial charge in [-0.3, -0.25) is 0 Å². The quantitative estimate of drug-likeness (QED) is 0.430. The molecule has 2 aromatic carbocycles. The van der Waals surface area contributed by atoms with Crippen molar-refractivity contribution < 1.29 is 37.3 Å². The Balaban J connectivity index is 1.89. The van der Waals surface area contributed by atoms with Crippen LogP contribution in [0.3, 0.4) is 0 Å². The summed E-state index contributed by atoms with van der Waals surface area (Å²) >= 11 is 0. The van der Waals surface area contributed by atoms with Gasteiger partial charge in [0.15, 0.2) is 28.7 Å². The number of cyclic esters (lactones) is 1. The van der Waals surface area contributed by atoms with Crippen molar-refractivity contribution in [3.05, 3.63) is 53.2 Å². The smallest absolute Gasteiger partial charge is 0.387 e. The number of nitrogens with zero attached hydrogens (tertiary/aromatic N) is 1. The lowest BCUT2D eigenvalue weighted by Crippen LogP contribution is -2.06. The van der Waals surface area contributed by atoms with Crippen molar-refractivity contribution in [3.8, 4) is 23.0 Å². The molecule has 0 unspecified atom stereocenters. The highest BCUT2D eigenvalue weighted by atomic mass is 19.3. The molecule has 0 bridgehead atoms. The first kappa shape index (κ1) is 22.1. The molecule has 7 nitrogen and oxygen atoms in total. The lowest BCUT2D eigenvalue weighted by atomic mass is 10.1. The molecular weight excluding hydrogens is 412 g/mol. The van der Waals surface area contributed by atoms with Crippen molar-refractivity contribution in [3.63, 3.8) is 0 Å². The van der Waals surface area contributed by atoms with Gasteiger partial charge in [-0.05, 0) is 55.8 Å². The molecule has 0 amide bonds. The Morgan fingerprint density at radius 2 is 1.71 bits per heavy atom. The highest BCUT2D eigenvalue weighted by molar-refractivity contribution is 6.13. The average Bonchev–Trinajstić information content (AvgIpc) is 3.10. The van der Waals surface area contributed by atoms with Gasteiger partial charge in [0, 0.05) is 5.56 Å². The van der Waals surface area contributed by atoms with Crippen molar-refractivity contribution in [2.45, 2.75) is 20.5 Å². The fourth-order valence-corrected chi connectivity index (χ4v) is 2.84. The van der Waals surface area contributed by atoms with E-state index in [-0.39, 0.29) is 23.1 Å². The Morgan fingerprint density at radius 3 is 2.39 bits per heavy atom. The van der Waals surface area contributed by atoms with Gasteiger partial charge >= 0.3 is 12.6 Å². The molecule has 0 radical (unpaired) electrons. The normalized spacial score (nSPS) is 14.5. The van der Waals surface area contributed by atoms with E-state index in [1.807, 2.05) is 13.8 Å². The van der Waals surface area contributed by atoms with Crippen LogP contribution in [0.2, 0.25) is 0 Å². The topological polar surface area (TPSA) is 75.6 Å². The number of hydrogen-bond acceptors (Lipinski definition) is 7. The lowest BCUT2D eigenvalue weighted by molar-refractivity contribution is -0.129. The highest BCUT2D eigenvalue weighted by Gasteiger charge is 2.25. The van der Waals surface area contributed by atoms with Crippen molar-refractivity contribution in [2.75, 3.05) is 20.3 Å². The first-order chi connectivity index (χ1) is 14.9. The Morgan fingerprint density at radius 1 is 1.00 bits per heavy atom. The van der Waals surface area contributed by atoms with Crippen LogP contribution in [0.5, 0.6) is 23.0 Å². The number of benzene rings is 2. The average molecular weight is 433 g/mol. The summed E-state index contributed by atoms with van der Waals surface area (Å²) in [6.07, 6.45) is 1.46. The Hall–Kier alpha value is -3.62. The number of methoxy groups -OCH3 is 1. The number of halogens is 2. The third kappa shape index (κ3) is 5.30. The first-order valence-electron chi connectivity index (χ1n) is 9.50. The SMILES string of the molecule is CCOc1ccc(C2=NC(=Cc3ccc(OC(F)F)c(OC)c3)C(=O)O2)cc1OCC. The van der Waals surface area contributed by atoms with Crippen LogP contribution in [-0.2, 0) is 9.53 Å². The van der Waals surface area contributed by atoms with Crippen LogP contribution in [0.25, 0.3) is 6.08 Å². The molecular formula is C22H21F2NO6. The maximum absolute atomic E-state index is 12.5. The van der Waals surface area contributed by atoms with Gasteiger partial charge in [0.05, 0.1) is 20.3 Å². The van der Waals surface area contributed by atoms with Crippen LogP contribution in [0.15, 0.2) is 47.1 Å². The van der Waals surface area contributed by atoms with E-state index in [0.29, 0.717) is 35.8 Å². The van der Waals surface area contributed by atoms with E-state index in [1.165, 1.54) is 31.4 Å². The zero-order chi connectivity index (χ0) is 22.4. The van der Waals surface area contributed by atoms with E-state index in [2.05, 4.69) is 9.73 Å². The summed E-state index contributed by atoms with van der Waals surface area (Å²) in [5.74, 6) is 0.539. The highest BCUT2D eigenvalue weighted by Crippen LogP contribution is 2.32. The first-order valence-corrected chi connectivity index (χ1v) is 9.50. The van der Waals surface area contributed by atoms with Gasteiger partial charge in [0.1, 0.15) is 0 Å². The molecule has 1 aliphatic rings. The van der Waals surface area contributed by atoms with Crippen molar-refractivity contribution in [1.82, 2.24) is 0 Å². The molecule has 2 aromatic rings. The fraction of sp³-hybridized carbons (Fsp3) is 0.273. The Kier molecular flexibility index (Phi) is 7.07. The number of aliphatic imine (C=N–C) groups is 1. The molecule has 0 aliphatic carbocycles. The van der Waals surface area contributed by atoms with E-state index in [1.54, 1.807) is 18.2 Å². The molecule has 0 saturated heterocycles. The van der Waals surface area contributed by atoms with E-state index < -0.39 is 12.6 Å². The summed E-state index contributed by atoms with van der Waals surface area (Å²) in [6.45, 7) is 1.65. The molecule has 1 aliphatic heterocycles. The minimum atomic E-state index is -2.98. The minimum Gasteiger partial charge on any atom is -0.493 e. The van der Waals surface area contributed by atoms with Crippen molar-refractivity contribution in [1.29, 1.82) is 0 Å². The van der Waals surface area contributed by atoms with E-state index >= 15 is 0 Å². The molecule has 0 atom stereocenters. The summed E-state index contributed by atoms with van der Waals surface area (Å²) in [5, 5.41) is 0. The predicted molar refractivity (Wildman–Crippen MR) is 109 cm³/mol. The number of ether oxygens (including phenoxy) is 5. The van der Waals surface area contributed by atoms with Crippen LogP contribution < -0.4 is 18.9 Å². The van der Waals surface area contributed by atoms with E-state index in [0.717, 1.165) is 0 Å². The van der Waals surface area contributed by atoms with Gasteiger partial charge in [-0.15, -0.1) is 0 Å². The molecule has 31 heavy (non-hydrogen) atoms. The van der Waals surface area contributed by atoms with E-state index in [4.69, 9.17) is 18.9 Å². The molecule has 164 valence electrons. The summed E-state index contributed by atoms with van der Waals surface area (Å²) in [6, 6.07) is 9.39. The molecule has 3 rings (SSSR count). The lowest BCUT2D eigenvalue weighted by Gasteiger charge is -2.11. The van der Waals surface area contributed by atoms with E-state index in [9.17, 15) is 13.6 Å². The summed E-state index contributed by atoms with van der Waals surface area (Å²) < 4.78 is 50.8. The predicted octanol–water partition coefficient (Wildman–Crippen LogP) is 4.44. The Bertz CT molecular complexity index is 1020. The third-order valence-electron chi connectivity index (χ3n) is 4.12. The molecule has 0 aromatic heterocycles. The molecule has 0 saturated carbocycles. The molecule has 1 heterocycles. The summed E-state index contributed by atoms with van der Waals surface area (Å²) in [7, 11) is 1.33. The molecule has 0 spiro atoms. The second-order valence-electron chi connectivity index (χ2n) is 6.15.